The maximum atomic E-state index is 5.93. The third-order valence-electron chi connectivity index (χ3n) is 2.84. The third kappa shape index (κ3) is 1.87. The molecule has 2 atom stereocenters. The molecule has 1 nitrogen and oxygen atoms in total. The lowest BCUT2D eigenvalue weighted by molar-refractivity contribution is 0.328. The van der Waals surface area contributed by atoms with Crippen LogP contribution in [0, 0.1) is 0 Å². The zero-order chi connectivity index (χ0) is 9.26. The van der Waals surface area contributed by atoms with Crippen molar-refractivity contribution in [3.8, 4) is 0 Å². The molecular formula is C11H14ClN. The molecule has 0 amide bonds. The molecule has 2 rings (SSSR count). The first-order valence-electron chi connectivity index (χ1n) is 4.76. The summed E-state index contributed by atoms with van der Waals surface area (Å²) in [7, 11) is 0. The fourth-order valence-corrected chi connectivity index (χ4v) is 1.96. The summed E-state index contributed by atoms with van der Waals surface area (Å²) in [6, 6.07) is 8.81. The lowest BCUT2D eigenvalue weighted by atomic mass is 9.87. The van der Waals surface area contributed by atoms with E-state index in [1.54, 1.807) is 0 Å². The van der Waals surface area contributed by atoms with E-state index in [1.807, 2.05) is 12.1 Å². The van der Waals surface area contributed by atoms with Crippen LogP contribution in [-0.4, -0.2) is 12.6 Å². The molecule has 1 aromatic rings. The predicted molar refractivity (Wildman–Crippen MR) is 56.3 cm³/mol. The van der Waals surface area contributed by atoms with Crippen molar-refractivity contribution in [3.63, 3.8) is 0 Å². The summed E-state index contributed by atoms with van der Waals surface area (Å²) in [6.07, 6.45) is 1.29. The molecule has 1 heterocycles. The van der Waals surface area contributed by atoms with Gasteiger partial charge in [0.25, 0.3) is 0 Å². The van der Waals surface area contributed by atoms with Gasteiger partial charge in [0.05, 0.1) is 0 Å². The molecule has 13 heavy (non-hydrogen) atoms. The van der Waals surface area contributed by atoms with E-state index in [1.165, 1.54) is 12.0 Å². The molecule has 0 aliphatic carbocycles. The minimum atomic E-state index is 0.576. The van der Waals surface area contributed by atoms with Crippen molar-refractivity contribution in [2.75, 3.05) is 6.54 Å². The average Bonchev–Trinajstić information content (AvgIpc) is 2.01. The Kier molecular flexibility index (Phi) is 2.56. The molecular weight excluding hydrogens is 182 g/mol. The maximum Gasteiger partial charge on any atom is 0.0408 e. The number of halogens is 1. The Morgan fingerprint density at radius 3 is 2.85 bits per heavy atom. The van der Waals surface area contributed by atoms with Crippen molar-refractivity contribution in [3.05, 3.63) is 34.9 Å². The SMILES string of the molecule is C[C@@H](c1cccc(Cl)c1)[C@@H]1CCN1. The van der Waals surface area contributed by atoms with Crippen molar-refractivity contribution in [1.29, 1.82) is 0 Å². The van der Waals surface area contributed by atoms with Gasteiger partial charge >= 0.3 is 0 Å². The van der Waals surface area contributed by atoms with Gasteiger partial charge in [-0.3, -0.25) is 0 Å². The average molecular weight is 196 g/mol. The van der Waals surface area contributed by atoms with Gasteiger partial charge in [0.15, 0.2) is 0 Å². The van der Waals surface area contributed by atoms with Crippen molar-refractivity contribution < 1.29 is 0 Å². The molecule has 1 aliphatic heterocycles. The summed E-state index contributed by atoms with van der Waals surface area (Å²) in [6.45, 7) is 3.41. The Bertz CT molecular complexity index is 294. The molecule has 1 N–H and O–H groups in total. The topological polar surface area (TPSA) is 12.0 Å². The first-order chi connectivity index (χ1) is 6.27. The van der Waals surface area contributed by atoms with Crippen LogP contribution in [-0.2, 0) is 0 Å². The van der Waals surface area contributed by atoms with Crippen LogP contribution < -0.4 is 5.32 Å². The van der Waals surface area contributed by atoms with Crippen LogP contribution in [0.5, 0.6) is 0 Å². The van der Waals surface area contributed by atoms with Gasteiger partial charge in [-0.05, 0) is 36.6 Å². The van der Waals surface area contributed by atoms with E-state index in [4.69, 9.17) is 11.6 Å². The van der Waals surface area contributed by atoms with Gasteiger partial charge in [0, 0.05) is 11.1 Å². The number of benzene rings is 1. The number of hydrogen-bond acceptors (Lipinski definition) is 1. The summed E-state index contributed by atoms with van der Waals surface area (Å²) >= 11 is 5.93. The molecule has 1 saturated heterocycles. The Labute approximate surface area is 84.1 Å². The highest BCUT2D eigenvalue weighted by Gasteiger charge is 2.24. The fourth-order valence-electron chi connectivity index (χ4n) is 1.76. The molecule has 0 spiro atoms. The van der Waals surface area contributed by atoms with Crippen LogP contribution in [0.3, 0.4) is 0 Å². The largest absolute Gasteiger partial charge is 0.313 e. The van der Waals surface area contributed by atoms with Crippen LogP contribution in [0.2, 0.25) is 5.02 Å². The highest BCUT2D eigenvalue weighted by atomic mass is 35.5. The van der Waals surface area contributed by atoms with Crippen LogP contribution in [0.1, 0.15) is 24.8 Å². The first-order valence-corrected chi connectivity index (χ1v) is 5.14. The molecule has 0 aromatic heterocycles. The normalized spacial score (nSPS) is 23.7. The number of rotatable bonds is 2. The number of hydrogen-bond donors (Lipinski definition) is 1. The van der Waals surface area contributed by atoms with Gasteiger partial charge in [0.1, 0.15) is 0 Å². The lowest BCUT2D eigenvalue weighted by Crippen LogP contribution is -2.46. The smallest absolute Gasteiger partial charge is 0.0408 e. The van der Waals surface area contributed by atoms with Crippen LogP contribution in [0.25, 0.3) is 0 Å². The molecule has 1 aromatic carbocycles. The second-order valence-electron chi connectivity index (χ2n) is 3.69. The van der Waals surface area contributed by atoms with Crippen molar-refractivity contribution in [2.24, 2.45) is 0 Å². The van der Waals surface area contributed by atoms with E-state index in [2.05, 4.69) is 24.4 Å². The summed E-state index contributed by atoms with van der Waals surface area (Å²) in [5.74, 6) is 0.576. The second-order valence-corrected chi connectivity index (χ2v) is 4.13. The Morgan fingerprint density at radius 1 is 1.54 bits per heavy atom. The molecule has 0 radical (unpaired) electrons. The van der Waals surface area contributed by atoms with Gasteiger partial charge in [-0.15, -0.1) is 0 Å². The summed E-state index contributed by atoms with van der Waals surface area (Å²) in [5.41, 5.74) is 1.34. The standard InChI is InChI=1S/C11H14ClN/c1-8(11-5-6-13-11)9-3-2-4-10(12)7-9/h2-4,7-8,11,13H,5-6H2,1H3/t8-,11-/m0/s1. The highest BCUT2D eigenvalue weighted by Crippen LogP contribution is 2.26. The van der Waals surface area contributed by atoms with Crippen molar-refractivity contribution >= 4 is 11.6 Å². The van der Waals surface area contributed by atoms with Gasteiger partial charge < -0.3 is 5.32 Å². The summed E-state index contributed by atoms with van der Waals surface area (Å²) in [5, 5.41) is 4.26. The molecule has 1 fully saturated rings. The lowest BCUT2D eigenvalue weighted by Gasteiger charge is -2.33. The van der Waals surface area contributed by atoms with E-state index in [0.29, 0.717) is 12.0 Å². The predicted octanol–water partition coefficient (Wildman–Crippen LogP) is 2.81. The Hall–Kier alpha value is -0.530. The molecule has 0 unspecified atom stereocenters. The van der Waals surface area contributed by atoms with E-state index >= 15 is 0 Å². The van der Waals surface area contributed by atoms with Crippen LogP contribution in [0.4, 0.5) is 0 Å². The van der Waals surface area contributed by atoms with Gasteiger partial charge in [0.2, 0.25) is 0 Å². The minimum absolute atomic E-state index is 0.576. The third-order valence-corrected chi connectivity index (χ3v) is 3.07. The molecule has 70 valence electrons. The van der Waals surface area contributed by atoms with E-state index in [0.717, 1.165) is 11.6 Å². The van der Waals surface area contributed by atoms with E-state index in [9.17, 15) is 0 Å². The van der Waals surface area contributed by atoms with E-state index in [-0.39, 0.29) is 0 Å². The monoisotopic (exact) mass is 195 g/mol. The minimum Gasteiger partial charge on any atom is -0.313 e. The fraction of sp³-hybridized carbons (Fsp3) is 0.455. The summed E-state index contributed by atoms with van der Waals surface area (Å²) in [4.78, 5) is 0. The Morgan fingerprint density at radius 2 is 2.31 bits per heavy atom. The highest BCUT2D eigenvalue weighted by molar-refractivity contribution is 6.30. The molecule has 1 aliphatic rings. The van der Waals surface area contributed by atoms with Crippen LogP contribution in [0.15, 0.2) is 24.3 Å². The molecule has 2 heteroatoms. The first kappa shape index (κ1) is 9.04. The maximum absolute atomic E-state index is 5.93. The summed E-state index contributed by atoms with van der Waals surface area (Å²) < 4.78 is 0. The van der Waals surface area contributed by atoms with Gasteiger partial charge in [-0.1, -0.05) is 30.7 Å². The molecule has 0 bridgehead atoms. The number of nitrogens with one attached hydrogen (secondary N) is 1. The molecule has 0 saturated carbocycles. The second kappa shape index (κ2) is 3.69. The zero-order valence-corrected chi connectivity index (χ0v) is 8.51. The van der Waals surface area contributed by atoms with Gasteiger partial charge in [-0.2, -0.15) is 0 Å². The Balaban J connectivity index is 2.14. The van der Waals surface area contributed by atoms with Crippen molar-refractivity contribution in [1.82, 2.24) is 5.32 Å². The van der Waals surface area contributed by atoms with Crippen molar-refractivity contribution in [2.45, 2.75) is 25.3 Å². The van der Waals surface area contributed by atoms with Crippen LogP contribution >= 0.6 is 11.6 Å². The quantitative estimate of drug-likeness (QED) is 0.766. The van der Waals surface area contributed by atoms with Gasteiger partial charge in [-0.25, -0.2) is 0 Å². The van der Waals surface area contributed by atoms with E-state index < -0.39 is 0 Å². The zero-order valence-electron chi connectivity index (χ0n) is 7.76.